The summed E-state index contributed by atoms with van der Waals surface area (Å²) >= 11 is 0. The van der Waals surface area contributed by atoms with E-state index in [1.807, 2.05) is 37.3 Å². The van der Waals surface area contributed by atoms with Crippen LogP contribution in [0.25, 0.3) is 0 Å². The van der Waals surface area contributed by atoms with Crippen LogP contribution in [-0.2, 0) is 4.79 Å². The number of carbonyl (C=O) groups excluding carboxylic acids is 1. The number of carbonyl (C=O) groups is 1. The van der Waals surface area contributed by atoms with Crippen molar-refractivity contribution in [2.45, 2.75) is 39.0 Å². The Balaban J connectivity index is 1.57. The number of phenolic OH excluding ortho intramolecular Hbond substituents is 1. The minimum absolute atomic E-state index is 0.118. The maximum atomic E-state index is 11.5. The van der Waals surface area contributed by atoms with E-state index in [4.69, 9.17) is 0 Å². The summed E-state index contributed by atoms with van der Waals surface area (Å²) in [6.07, 6.45) is 4.44. The highest BCUT2D eigenvalue weighted by atomic mass is 16.3. The smallest absolute Gasteiger partial charge is 0.233 e. The molecule has 0 bridgehead atoms. The molecule has 1 amide bonds. The number of hydrogen-bond acceptors (Lipinski definition) is 8. The molecule has 9 heteroatoms. The first-order valence-electron chi connectivity index (χ1n) is 11.3. The van der Waals surface area contributed by atoms with E-state index in [0.717, 1.165) is 37.1 Å². The summed E-state index contributed by atoms with van der Waals surface area (Å²) in [4.78, 5) is 24.9. The van der Waals surface area contributed by atoms with Crippen molar-refractivity contribution in [3.63, 3.8) is 0 Å². The maximum Gasteiger partial charge on any atom is 0.233 e. The number of nitrogens with zero attached hydrogens (tertiary/aromatic N) is 3. The molecule has 2 aromatic carbocycles. The second-order valence-corrected chi connectivity index (χ2v) is 7.51. The Morgan fingerprint density at radius 1 is 0.788 bits per heavy atom. The van der Waals surface area contributed by atoms with Gasteiger partial charge in [-0.1, -0.05) is 31.0 Å². The molecule has 0 saturated heterocycles. The predicted molar refractivity (Wildman–Crippen MR) is 131 cm³/mol. The van der Waals surface area contributed by atoms with Crippen molar-refractivity contribution in [1.82, 2.24) is 20.3 Å². The Bertz CT molecular complexity index is 997. The highest BCUT2D eigenvalue weighted by Crippen LogP contribution is 2.20. The minimum atomic E-state index is 0.118. The lowest BCUT2D eigenvalue weighted by molar-refractivity contribution is -0.121. The molecular weight excluding hydrogens is 418 g/mol. The molecular formula is C24H31N7O2. The number of unbranched alkanes of at least 4 members (excludes halogenated alkanes) is 3. The molecule has 0 aliphatic rings. The van der Waals surface area contributed by atoms with Crippen LogP contribution in [0.3, 0.4) is 0 Å². The quantitative estimate of drug-likeness (QED) is 0.190. The largest absolute Gasteiger partial charge is 0.508 e. The molecule has 9 nitrogen and oxygen atoms in total. The zero-order valence-corrected chi connectivity index (χ0v) is 18.8. The summed E-state index contributed by atoms with van der Waals surface area (Å²) in [7, 11) is 0. The van der Waals surface area contributed by atoms with Crippen molar-refractivity contribution in [1.29, 1.82) is 0 Å². The van der Waals surface area contributed by atoms with E-state index in [9.17, 15) is 9.90 Å². The number of aromatic nitrogens is 3. The summed E-state index contributed by atoms with van der Waals surface area (Å²) < 4.78 is 0. The van der Waals surface area contributed by atoms with Gasteiger partial charge in [-0.15, -0.1) is 0 Å². The first kappa shape index (κ1) is 23.8. The average Bonchev–Trinajstić information content (AvgIpc) is 2.81. The van der Waals surface area contributed by atoms with Crippen molar-refractivity contribution in [3.8, 4) is 5.75 Å². The third-order valence-electron chi connectivity index (χ3n) is 4.78. The van der Waals surface area contributed by atoms with Crippen molar-refractivity contribution in [2.75, 3.05) is 29.0 Å². The normalized spacial score (nSPS) is 10.5. The van der Waals surface area contributed by atoms with Gasteiger partial charge in [-0.05, 0) is 56.2 Å². The topological polar surface area (TPSA) is 124 Å². The van der Waals surface area contributed by atoms with Gasteiger partial charge >= 0.3 is 0 Å². The third kappa shape index (κ3) is 8.64. The number of aromatic hydroxyl groups is 1. The lowest BCUT2D eigenvalue weighted by Gasteiger charge is -2.11. The molecule has 3 rings (SSSR count). The zero-order valence-electron chi connectivity index (χ0n) is 18.8. The van der Waals surface area contributed by atoms with Gasteiger partial charge in [0.25, 0.3) is 0 Å². The van der Waals surface area contributed by atoms with Gasteiger partial charge in [0.2, 0.25) is 23.8 Å². The number of anilines is 5. The molecule has 0 fully saturated rings. The number of phenols is 1. The number of para-hydroxylation sites is 1. The molecule has 33 heavy (non-hydrogen) atoms. The zero-order chi connectivity index (χ0) is 23.3. The van der Waals surface area contributed by atoms with Gasteiger partial charge in [0.05, 0.1) is 0 Å². The van der Waals surface area contributed by atoms with Gasteiger partial charge in [0, 0.05) is 30.9 Å². The average molecular weight is 450 g/mol. The van der Waals surface area contributed by atoms with Crippen LogP contribution < -0.4 is 21.3 Å². The summed E-state index contributed by atoms with van der Waals surface area (Å²) in [6, 6.07) is 16.4. The molecule has 3 aromatic rings. The fourth-order valence-electron chi connectivity index (χ4n) is 3.14. The molecule has 0 radical (unpaired) electrons. The lowest BCUT2D eigenvalue weighted by atomic mass is 10.1. The van der Waals surface area contributed by atoms with E-state index in [1.54, 1.807) is 24.3 Å². The second kappa shape index (κ2) is 12.8. The number of rotatable bonds is 13. The minimum Gasteiger partial charge on any atom is -0.508 e. The number of amides is 1. The van der Waals surface area contributed by atoms with Crippen LogP contribution in [0.2, 0.25) is 0 Å². The molecule has 5 N–H and O–H groups in total. The molecule has 0 aliphatic heterocycles. The van der Waals surface area contributed by atoms with Crippen LogP contribution in [0.5, 0.6) is 5.75 Å². The van der Waals surface area contributed by atoms with Crippen LogP contribution in [0.15, 0.2) is 54.6 Å². The molecule has 0 saturated carbocycles. The summed E-state index contributed by atoms with van der Waals surface area (Å²) in [5.41, 5.74) is 1.63. The van der Waals surface area contributed by atoms with E-state index in [2.05, 4.69) is 36.2 Å². The molecule has 1 heterocycles. The first-order chi connectivity index (χ1) is 16.1. The fourth-order valence-corrected chi connectivity index (χ4v) is 3.14. The van der Waals surface area contributed by atoms with E-state index in [1.165, 1.54) is 0 Å². The van der Waals surface area contributed by atoms with E-state index in [-0.39, 0.29) is 11.7 Å². The maximum absolute atomic E-state index is 11.5. The third-order valence-corrected chi connectivity index (χ3v) is 4.78. The number of benzene rings is 2. The monoisotopic (exact) mass is 449 g/mol. The highest BCUT2D eigenvalue weighted by Gasteiger charge is 2.08. The number of nitrogens with one attached hydrogen (secondary N) is 4. The molecule has 0 unspecified atom stereocenters. The van der Waals surface area contributed by atoms with Gasteiger partial charge < -0.3 is 26.4 Å². The Labute approximate surface area is 194 Å². The molecule has 1 aromatic heterocycles. The summed E-state index contributed by atoms with van der Waals surface area (Å²) in [5, 5.41) is 21.9. The van der Waals surface area contributed by atoms with Crippen LogP contribution in [0, 0.1) is 0 Å². The van der Waals surface area contributed by atoms with Gasteiger partial charge in [-0.3, -0.25) is 4.79 Å². The van der Waals surface area contributed by atoms with Gasteiger partial charge in [-0.25, -0.2) is 0 Å². The van der Waals surface area contributed by atoms with Gasteiger partial charge in [0.15, 0.2) is 0 Å². The molecule has 0 aliphatic carbocycles. The molecule has 0 spiro atoms. The van der Waals surface area contributed by atoms with E-state index in [0.29, 0.717) is 37.4 Å². The molecule has 174 valence electrons. The predicted octanol–water partition coefficient (Wildman–Crippen LogP) is 4.56. The standard InChI is InChI=1S/C24H31N7O2/c1-2-25-21(33)12-8-3-4-9-17-26-22-29-23(27-18-10-6-5-7-11-18)31-24(30-22)28-19-13-15-20(32)16-14-19/h5-7,10-11,13-16,32H,2-4,8-9,12,17H2,1H3,(H,25,33)(H3,26,27,28,29,30,31). The Morgan fingerprint density at radius 3 is 2.06 bits per heavy atom. The summed E-state index contributed by atoms with van der Waals surface area (Å²) in [6.45, 7) is 3.32. The van der Waals surface area contributed by atoms with Crippen LogP contribution in [0.1, 0.15) is 39.0 Å². The number of hydrogen-bond donors (Lipinski definition) is 5. The Kier molecular flexibility index (Phi) is 9.26. The molecule has 0 atom stereocenters. The van der Waals surface area contributed by atoms with Crippen LogP contribution in [0.4, 0.5) is 29.2 Å². The van der Waals surface area contributed by atoms with Crippen molar-refractivity contribution in [3.05, 3.63) is 54.6 Å². The van der Waals surface area contributed by atoms with E-state index < -0.39 is 0 Å². The van der Waals surface area contributed by atoms with Gasteiger partial charge in [-0.2, -0.15) is 15.0 Å². The Morgan fingerprint density at radius 2 is 1.39 bits per heavy atom. The van der Waals surface area contributed by atoms with Crippen molar-refractivity contribution in [2.24, 2.45) is 0 Å². The van der Waals surface area contributed by atoms with Gasteiger partial charge in [0.1, 0.15) is 5.75 Å². The van der Waals surface area contributed by atoms with Crippen LogP contribution in [-0.4, -0.2) is 39.1 Å². The van der Waals surface area contributed by atoms with Crippen molar-refractivity contribution < 1.29 is 9.90 Å². The Hall–Kier alpha value is -3.88. The SMILES string of the molecule is CCNC(=O)CCCCCCNc1nc(Nc2ccccc2)nc(Nc2ccc(O)cc2)n1. The van der Waals surface area contributed by atoms with Crippen LogP contribution >= 0.6 is 0 Å². The fraction of sp³-hybridized carbons (Fsp3) is 0.333. The summed E-state index contributed by atoms with van der Waals surface area (Å²) in [5.74, 6) is 1.58. The highest BCUT2D eigenvalue weighted by molar-refractivity contribution is 5.75. The lowest BCUT2D eigenvalue weighted by Crippen LogP contribution is -2.21. The first-order valence-corrected chi connectivity index (χ1v) is 11.3. The van der Waals surface area contributed by atoms with E-state index >= 15 is 0 Å². The second-order valence-electron chi connectivity index (χ2n) is 7.51. The van der Waals surface area contributed by atoms with Crippen molar-refractivity contribution >= 4 is 35.1 Å².